The molecule has 0 bridgehead atoms. The van der Waals surface area contributed by atoms with Crippen LogP contribution in [0.25, 0.3) is 11.3 Å². The van der Waals surface area contributed by atoms with Gasteiger partial charge in [-0.25, -0.2) is 8.42 Å². The minimum Gasteiger partial charge on any atom is -0.273 e. The van der Waals surface area contributed by atoms with E-state index in [1.165, 1.54) is 4.31 Å². The number of hydrogen-bond acceptors (Lipinski definition) is 5. The molecule has 0 spiro atoms. The molecule has 1 saturated heterocycles. The largest absolute Gasteiger partial charge is 0.287 e. The number of piperidine rings is 1. The van der Waals surface area contributed by atoms with E-state index in [2.05, 4.69) is 21.0 Å². The van der Waals surface area contributed by atoms with E-state index < -0.39 is 21.8 Å². The summed E-state index contributed by atoms with van der Waals surface area (Å²) < 4.78 is 27.3. The molecule has 1 fully saturated rings. The van der Waals surface area contributed by atoms with E-state index in [9.17, 15) is 18.0 Å². The summed E-state index contributed by atoms with van der Waals surface area (Å²) in [6.07, 6.45) is 0.738. The molecule has 0 atom stereocenters. The molecule has 4 rings (SSSR count). The van der Waals surface area contributed by atoms with Crippen molar-refractivity contribution in [3.05, 3.63) is 71.4 Å². The minimum atomic E-state index is -3.61. The third-order valence-electron chi connectivity index (χ3n) is 6.13. The van der Waals surface area contributed by atoms with Gasteiger partial charge in [-0.2, -0.15) is 9.40 Å². The van der Waals surface area contributed by atoms with Crippen LogP contribution < -0.4 is 10.9 Å². The van der Waals surface area contributed by atoms with Crippen molar-refractivity contribution in [3.8, 4) is 11.3 Å². The Morgan fingerprint density at radius 1 is 0.971 bits per heavy atom. The molecular weight excluding hydrogens is 454 g/mol. The Hall–Kier alpha value is -3.50. The van der Waals surface area contributed by atoms with E-state index in [0.29, 0.717) is 18.5 Å². The summed E-state index contributed by atoms with van der Waals surface area (Å²) in [5.41, 5.74) is 8.49. The Balaban J connectivity index is 1.29. The second-order valence-electron chi connectivity index (χ2n) is 8.40. The van der Waals surface area contributed by atoms with Crippen LogP contribution in [0.4, 0.5) is 0 Å². The molecule has 3 N–H and O–H groups in total. The molecule has 9 nitrogen and oxygen atoms in total. The summed E-state index contributed by atoms with van der Waals surface area (Å²) in [7, 11) is -3.61. The second-order valence-corrected chi connectivity index (χ2v) is 10.3. The Kier molecular flexibility index (Phi) is 6.80. The molecule has 1 aliphatic heterocycles. The van der Waals surface area contributed by atoms with Gasteiger partial charge in [-0.1, -0.05) is 36.4 Å². The number of H-pyrrole nitrogens is 1. The molecule has 1 aliphatic rings. The number of benzene rings is 2. The topological polar surface area (TPSA) is 124 Å². The van der Waals surface area contributed by atoms with Gasteiger partial charge in [-0.3, -0.25) is 25.5 Å². The number of rotatable bonds is 5. The van der Waals surface area contributed by atoms with E-state index in [1.807, 2.05) is 44.2 Å². The smallest absolute Gasteiger partial charge is 0.273 e. The van der Waals surface area contributed by atoms with E-state index in [1.54, 1.807) is 24.3 Å². The SMILES string of the molecule is Cc1ccc(S(=O)(=O)N2CCC(C(=O)NNC(=O)c3cc(-c4ccccc4)n[nH]3)CC2)cc1C. The highest BCUT2D eigenvalue weighted by Gasteiger charge is 2.32. The van der Waals surface area contributed by atoms with Crippen LogP contribution in [0, 0.1) is 19.8 Å². The van der Waals surface area contributed by atoms with Crippen molar-refractivity contribution in [3.63, 3.8) is 0 Å². The first-order valence-electron chi connectivity index (χ1n) is 11.0. The maximum atomic E-state index is 13.0. The first-order chi connectivity index (χ1) is 16.3. The van der Waals surface area contributed by atoms with Crippen LogP contribution in [0.5, 0.6) is 0 Å². The lowest BCUT2D eigenvalue weighted by Gasteiger charge is -2.30. The third-order valence-corrected chi connectivity index (χ3v) is 8.03. The molecule has 2 aromatic carbocycles. The highest BCUT2D eigenvalue weighted by atomic mass is 32.2. The molecule has 34 heavy (non-hydrogen) atoms. The zero-order valence-corrected chi connectivity index (χ0v) is 19.9. The zero-order valence-electron chi connectivity index (χ0n) is 19.0. The van der Waals surface area contributed by atoms with Gasteiger partial charge in [0.25, 0.3) is 5.91 Å². The molecule has 0 saturated carbocycles. The van der Waals surface area contributed by atoms with Crippen LogP contribution in [0.1, 0.15) is 34.5 Å². The lowest BCUT2D eigenvalue weighted by atomic mass is 9.98. The zero-order chi connectivity index (χ0) is 24.3. The van der Waals surface area contributed by atoms with E-state index in [4.69, 9.17) is 0 Å². The normalized spacial score (nSPS) is 15.1. The van der Waals surface area contributed by atoms with Gasteiger partial charge in [0, 0.05) is 24.6 Å². The van der Waals surface area contributed by atoms with E-state index in [-0.39, 0.29) is 29.6 Å². The lowest BCUT2D eigenvalue weighted by Crippen LogP contribution is -2.48. The molecule has 1 aromatic heterocycles. The number of hydrazine groups is 1. The first-order valence-corrected chi connectivity index (χ1v) is 12.5. The number of nitrogens with one attached hydrogen (secondary N) is 3. The number of amides is 2. The molecule has 3 aromatic rings. The van der Waals surface area contributed by atoms with Gasteiger partial charge in [0.2, 0.25) is 15.9 Å². The van der Waals surface area contributed by atoms with Gasteiger partial charge in [0.1, 0.15) is 5.69 Å². The third kappa shape index (κ3) is 5.02. The average molecular weight is 482 g/mol. The maximum absolute atomic E-state index is 13.0. The number of carbonyl (C=O) groups is 2. The summed E-state index contributed by atoms with van der Waals surface area (Å²) in [5, 5.41) is 6.80. The Morgan fingerprint density at radius 3 is 2.35 bits per heavy atom. The van der Waals surface area contributed by atoms with Crippen LogP contribution in [-0.4, -0.2) is 47.8 Å². The van der Waals surface area contributed by atoms with E-state index >= 15 is 0 Å². The Labute approximate surface area is 198 Å². The summed E-state index contributed by atoms with van der Waals surface area (Å²) >= 11 is 0. The average Bonchev–Trinajstić information content (AvgIpc) is 3.35. The van der Waals surface area contributed by atoms with Crippen molar-refractivity contribution in [1.82, 2.24) is 25.4 Å². The number of nitrogens with zero attached hydrogens (tertiary/aromatic N) is 2. The number of hydrogen-bond donors (Lipinski definition) is 3. The van der Waals surface area contributed by atoms with Crippen molar-refractivity contribution in [1.29, 1.82) is 0 Å². The van der Waals surface area contributed by atoms with Crippen molar-refractivity contribution in [2.75, 3.05) is 13.1 Å². The lowest BCUT2D eigenvalue weighted by molar-refractivity contribution is -0.126. The first kappa shape index (κ1) is 23.7. The monoisotopic (exact) mass is 481 g/mol. The number of sulfonamides is 1. The van der Waals surface area contributed by atoms with Gasteiger partial charge in [0.15, 0.2) is 0 Å². The number of aryl methyl sites for hydroxylation is 2. The van der Waals surface area contributed by atoms with Crippen LogP contribution in [0.15, 0.2) is 59.5 Å². The van der Waals surface area contributed by atoms with Crippen LogP contribution in [-0.2, 0) is 14.8 Å². The number of aromatic nitrogens is 2. The Morgan fingerprint density at radius 2 is 1.68 bits per heavy atom. The van der Waals surface area contributed by atoms with Crippen LogP contribution >= 0.6 is 0 Å². The van der Waals surface area contributed by atoms with Gasteiger partial charge >= 0.3 is 0 Å². The van der Waals surface area contributed by atoms with Crippen LogP contribution in [0.2, 0.25) is 0 Å². The van der Waals surface area contributed by atoms with Gasteiger partial charge in [0.05, 0.1) is 10.6 Å². The fourth-order valence-electron chi connectivity index (χ4n) is 3.86. The molecular formula is C24H27N5O4S. The van der Waals surface area contributed by atoms with Crippen molar-refractivity contribution in [2.45, 2.75) is 31.6 Å². The molecule has 0 aliphatic carbocycles. The standard InChI is InChI=1S/C24H27N5O4S/c1-16-8-9-20(14-17(16)2)34(32,33)29-12-10-19(11-13-29)23(30)27-28-24(31)22-15-21(25-26-22)18-6-4-3-5-7-18/h3-9,14-15,19H,10-13H2,1-2H3,(H,25,26)(H,27,30)(H,28,31). The molecule has 10 heteroatoms. The summed E-state index contributed by atoms with van der Waals surface area (Å²) in [6, 6.07) is 16.1. The second kappa shape index (κ2) is 9.78. The van der Waals surface area contributed by atoms with Gasteiger partial charge in [-0.05, 0) is 56.0 Å². The Bertz CT molecular complexity index is 1300. The predicted molar refractivity (Wildman–Crippen MR) is 127 cm³/mol. The molecule has 2 amide bonds. The summed E-state index contributed by atoms with van der Waals surface area (Å²) in [5.74, 6) is -1.26. The van der Waals surface area contributed by atoms with Crippen molar-refractivity contribution in [2.24, 2.45) is 5.92 Å². The summed E-state index contributed by atoms with van der Waals surface area (Å²) in [4.78, 5) is 25.2. The maximum Gasteiger partial charge on any atom is 0.287 e. The predicted octanol–water partition coefficient (Wildman–Crippen LogP) is 2.56. The number of aromatic amines is 1. The van der Waals surface area contributed by atoms with Crippen molar-refractivity contribution < 1.29 is 18.0 Å². The minimum absolute atomic E-state index is 0.216. The van der Waals surface area contributed by atoms with Gasteiger partial charge < -0.3 is 0 Å². The summed E-state index contributed by atoms with van der Waals surface area (Å²) in [6.45, 7) is 4.29. The molecule has 0 unspecified atom stereocenters. The fraction of sp³-hybridized carbons (Fsp3) is 0.292. The quantitative estimate of drug-likeness (QED) is 0.483. The molecule has 2 heterocycles. The van der Waals surface area contributed by atoms with Crippen LogP contribution in [0.3, 0.4) is 0 Å². The fourth-order valence-corrected chi connectivity index (χ4v) is 5.42. The molecule has 178 valence electrons. The van der Waals surface area contributed by atoms with E-state index in [0.717, 1.165) is 16.7 Å². The highest BCUT2D eigenvalue weighted by molar-refractivity contribution is 7.89. The number of carbonyl (C=O) groups excluding carboxylic acids is 2. The highest BCUT2D eigenvalue weighted by Crippen LogP contribution is 2.25. The van der Waals surface area contributed by atoms with Gasteiger partial charge in [-0.15, -0.1) is 0 Å². The molecule has 0 radical (unpaired) electrons. The van der Waals surface area contributed by atoms with Crippen molar-refractivity contribution >= 4 is 21.8 Å².